The zero-order valence-electron chi connectivity index (χ0n) is 11.3. The first-order valence-corrected chi connectivity index (χ1v) is 6.22. The van der Waals surface area contributed by atoms with Crippen molar-refractivity contribution in [3.63, 3.8) is 0 Å². The van der Waals surface area contributed by atoms with Crippen molar-refractivity contribution >= 4 is 0 Å². The van der Waals surface area contributed by atoms with E-state index >= 15 is 0 Å². The summed E-state index contributed by atoms with van der Waals surface area (Å²) >= 11 is 0. The third-order valence-corrected chi connectivity index (χ3v) is 3.05. The molecule has 0 aliphatic heterocycles. The summed E-state index contributed by atoms with van der Waals surface area (Å²) in [6, 6.07) is 19.4. The van der Waals surface area contributed by atoms with Crippen LogP contribution < -0.4 is 0 Å². The first-order valence-electron chi connectivity index (χ1n) is 6.22. The summed E-state index contributed by atoms with van der Waals surface area (Å²) in [4.78, 5) is 0. The predicted octanol–water partition coefficient (Wildman–Crippen LogP) is 3.35. The number of hydrogen-bond acceptors (Lipinski definition) is 2. The van der Waals surface area contributed by atoms with Crippen molar-refractivity contribution < 1.29 is 20.1 Å². The maximum Gasteiger partial charge on any atom is 0.125 e. The molecule has 3 rings (SSSR count). The van der Waals surface area contributed by atoms with Crippen molar-refractivity contribution in [1.29, 1.82) is 0 Å². The molecule has 3 aromatic rings. The third-order valence-electron chi connectivity index (χ3n) is 3.05. The summed E-state index contributed by atoms with van der Waals surface area (Å²) in [5, 5.41) is 8.46. The van der Waals surface area contributed by atoms with Gasteiger partial charge < -0.3 is 4.57 Å². The van der Waals surface area contributed by atoms with E-state index in [2.05, 4.69) is 22.3 Å². The fourth-order valence-corrected chi connectivity index (χ4v) is 2.06. The van der Waals surface area contributed by atoms with Crippen LogP contribution in [0.15, 0.2) is 48.5 Å². The molecule has 0 amide bonds. The van der Waals surface area contributed by atoms with Crippen LogP contribution in [0.25, 0.3) is 17.1 Å². The molecule has 0 spiro atoms. The Kier molecular flexibility index (Phi) is 4.48. The number of aromatic nitrogens is 3. The minimum absolute atomic E-state index is 0. The van der Waals surface area contributed by atoms with Gasteiger partial charge in [-0.25, -0.2) is 0 Å². The maximum atomic E-state index is 4.27. The van der Waals surface area contributed by atoms with E-state index in [0.717, 1.165) is 22.9 Å². The van der Waals surface area contributed by atoms with Crippen molar-refractivity contribution in [2.75, 3.05) is 0 Å². The Morgan fingerprint density at radius 3 is 2.35 bits per heavy atom. The molecule has 0 fully saturated rings. The third kappa shape index (κ3) is 2.72. The fourth-order valence-electron chi connectivity index (χ4n) is 2.06. The second-order valence-electron chi connectivity index (χ2n) is 4.52. The molecule has 0 atom stereocenters. The molecule has 20 heavy (non-hydrogen) atoms. The topological polar surface area (TPSA) is 30.7 Å². The zero-order valence-corrected chi connectivity index (χ0v) is 13.7. The molecular formula is C16H14IrN3-. The van der Waals surface area contributed by atoms with Gasteiger partial charge in [0, 0.05) is 25.8 Å². The van der Waals surface area contributed by atoms with Gasteiger partial charge in [-0.1, -0.05) is 25.1 Å². The zero-order chi connectivity index (χ0) is 13.2. The Hall–Kier alpha value is -1.77. The van der Waals surface area contributed by atoms with Gasteiger partial charge in [-0.3, -0.25) is 0 Å². The van der Waals surface area contributed by atoms with Crippen molar-refractivity contribution in [2.45, 2.75) is 13.8 Å². The van der Waals surface area contributed by atoms with E-state index in [1.54, 1.807) is 0 Å². The van der Waals surface area contributed by atoms with E-state index < -0.39 is 0 Å². The van der Waals surface area contributed by atoms with Crippen LogP contribution in [0.5, 0.6) is 0 Å². The molecule has 103 valence electrons. The van der Waals surface area contributed by atoms with E-state index in [0.29, 0.717) is 0 Å². The van der Waals surface area contributed by atoms with Crippen LogP contribution in [0.2, 0.25) is 0 Å². The van der Waals surface area contributed by atoms with Gasteiger partial charge in [-0.05, 0) is 19.1 Å². The first-order chi connectivity index (χ1) is 9.25. The molecule has 4 heteroatoms. The summed E-state index contributed by atoms with van der Waals surface area (Å²) in [5.41, 5.74) is 3.20. The summed E-state index contributed by atoms with van der Waals surface area (Å²) in [6.45, 7) is 4.01. The quantitative estimate of drug-likeness (QED) is 0.573. The average molecular weight is 441 g/mol. The van der Waals surface area contributed by atoms with Gasteiger partial charge in [-0.15, -0.1) is 40.5 Å². The first kappa shape index (κ1) is 14.6. The molecule has 0 bridgehead atoms. The summed E-state index contributed by atoms with van der Waals surface area (Å²) in [7, 11) is 0. The van der Waals surface area contributed by atoms with Gasteiger partial charge in [0.25, 0.3) is 0 Å². The molecule has 0 saturated carbocycles. The Morgan fingerprint density at radius 1 is 0.950 bits per heavy atom. The molecule has 0 N–H and O–H groups in total. The van der Waals surface area contributed by atoms with Crippen LogP contribution >= 0.6 is 0 Å². The molecule has 0 unspecified atom stereocenters. The van der Waals surface area contributed by atoms with Gasteiger partial charge in [-0.2, -0.15) is 5.10 Å². The Balaban J connectivity index is 0.00000147. The summed E-state index contributed by atoms with van der Waals surface area (Å²) in [6.07, 6.45) is 0. The smallest absolute Gasteiger partial charge is 0.125 e. The number of hydrogen-bond donors (Lipinski definition) is 0. The molecule has 0 aliphatic rings. The molecule has 3 nitrogen and oxygen atoms in total. The van der Waals surface area contributed by atoms with Crippen LogP contribution in [0.3, 0.4) is 0 Å². The van der Waals surface area contributed by atoms with E-state index in [1.165, 1.54) is 5.56 Å². The van der Waals surface area contributed by atoms with E-state index in [1.807, 2.05) is 60.9 Å². The van der Waals surface area contributed by atoms with Crippen LogP contribution in [0.1, 0.15) is 11.4 Å². The van der Waals surface area contributed by atoms with Gasteiger partial charge in [0.05, 0.1) is 5.82 Å². The number of benzene rings is 2. The van der Waals surface area contributed by atoms with E-state index in [4.69, 9.17) is 0 Å². The second kappa shape index (κ2) is 6.12. The van der Waals surface area contributed by atoms with Crippen LogP contribution in [-0.4, -0.2) is 14.8 Å². The van der Waals surface area contributed by atoms with Gasteiger partial charge >= 0.3 is 0 Å². The Labute approximate surface area is 132 Å². The van der Waals surface area contributed by atoms with Crippen molar-refractivity contribution in [1.82, 2.24) is 14.8 Å². The molecule has 0 saturated heterocycles. The van der Waals surface area contributed by atoms with E-state index in [9.17, 15) is 0 Å². The second-order valence-corrected chi connectivity index (χ2v) is 4.52. The van der Waals surface area contributed by atoms with Gasteiger partial charge in [0.1, 0.15) is 5.82 Å². The molecule has 0 aliphatic carbocycles. The van der Waals surface area contributed by atoms with Gasteiger partial charge in [0.2, 0.25) is 0 Å². The van der Waals surface area contributed by atoms with Crippen molar-refractivity contribution in [3.8, 4) is 17.1 Å². The fraction of sp³-hybridized carbons (Fsp3) is 0.125. The largest absolute Gasteiger partial charge is 0.320 e. The molecule has 1 aromatic heterocycles. The van der Waals surface area contributed by atoms with Crippen LogP contribution in [-0.2, 0) is 20.1 Å². The van der Waals surface area contributed by atoms with Crippen LogP contribution in [0.4, 0.5) is 0 Å². The van der Waals surface area contributed by atoms with Crippen LogP contribution in [0, 0.1) is 19.9 Å². The molecule has 2 aromatic carbocycles. The number of nitrogens with zero attached hydrogens (tertiary/aromatic N) is 3. The molecule has 1 radical (unpaired) electrons. The van der Waals surface area contributed by atoms with E-state index in [-0.39, 0.29) is 20.1 Å². The van der Waals surface area contributed by atoms with Gasteiger partial charge in [0.15, 0.2) is 0 Å². The molecule has 1 heterocycles. The Morgan fingerprint density at radius 2 is 1.70 bits per heavy atom. The normalized spacial score (nSPS) is 10.1. The predicted molar refractivity (Wildman–Crippen MR) is 75.1 cm³/mol. The maximum absolute atomic E-state index is 4.27. The average Bonchev–Trinajstić information content (AvgIpc) is 2.82. The number of rotatable bonds is 2. The minimum Gasteiger partial charge on any atom is -0.320 e. The number of aryl methyl sites for hydroxylation is 2. The monoisotopic (exact) mass is 441 g/mol. The minimum atomic E-state index is 0. The number of para-hydroxylation sites is 1. The van der Waals surface area contributed by atoms with Crippen molar-refractivity contribution in [3.05, 3.63) is 66.0 Å². The Bertz CT molecular complexity index is 688. The standard InChI is InChI=1S/C16H14N3.Ir/c1-12-8-10-14(11-9-12)16-18-17-13(2)19(16)15-6-4-3-5-7-15;/h3-10H,1-2H3;/q-1;. The van der Waals surface area contributed by atoms with Crippen molar-refractivity contribution in [2.24, 2.45) is 0 Å². The summed E-state index contributed by atoms with van der Waals surface area (Å²) < 4.78 is 2.04. The SMILES string of the molecule is Cc1c[c-]c(-c2nnc(C)n2-c2ccccc2)cc1.[Ir]. The molecular weight excluding hydrogens is 426 g/mol. The summed E-state index contributed by atoms with van der Waals surface area (Å²) in [5.74, 6) is 1.69.